The molecule has 2 aliphatic carbocycles. The molecule has 3 nitrogen and oxygen atoms in total. The number of aliphatic carboxylic acids is 1. The zero-order chi connectivity index (χ0) is 19.2. The highest BCUT2D eigenvalue weighted by Gasteiger charge is 2.51. The van der Waals surface area contributed by atoms with Gasteiger partial charge in [-0.05, 0) is 61.1 Å². The molecule has 2 aliphatic rings. The average molecular weight is 451 g/mol. The van der Waals surface area contributed by atoms with Crippen LogP contribution in [0.5, 0.6) is 0 Å². The Bertz CT molecular complexity index is 951. The first-order valence-electron chi connectivity index (χ1n) is 8.80. The van der Waals surface area contributed by atoms with E-state index in [0.717, 1.165) is 4.48 Å². The van der Waals surface area contributed by atoms with Crippen LogP contribution in [-0.4, -0.2) is 16.6 Å². The topological polar surface area (TPSA) is 49.3 Å². The van der Waals surface area contributed by atoms with Crippen LogP contribution in [0.15, 0.2) is 46.9 Å². The van der Waals surface area contributed by atoms with Gasteiger partial charge in [0.2, 0.25) is 0 Å². The first-order chi connectivity index (χ1) is 12.9. The molecule has 0 unspecified atom stereocenters. The van der Waals surface area contributed by atoms with Gasteiger partial charge >= 0.3 is 5.97 Å². The van der Waals surface area contributed by atoms with Gasteiger partial charge in [-0.3, -0.25) is 0 Å². The molecule has 0 bridgehead atoms. The number of carboxylic acid groups (broad SMARTS) is 1. The second kappa shape index (κ2) is 6.64. The zero-order valence-corrected chi connectivity index (χ0v) is 16.8. The molecule has 2 aromatic carbocycles. The fourth-order valence-electron chi connectivity index (χ4n) is 4.32. The summed E-state index contributed by atoms with van der Waals surface area (Å²) in [4.78, 5) is 12.2. The third-order valence-electron chi connectivity index (χ3n) is 5.89. The Morgan fingerprint density at radius 3 is 2.52 bits per heavy atom. The third kappa shape index (κ3) is 2.97. The number of fused-ring (bicyclic) bond motifs is 2. The number of allylic oxidation sites excluding steroid dienone is 1. The van der Waals surface area contributed by atoms with Crippen LogP contribution in [0.4, 0.5) is 10.1 Å². The van der Waals surface area contributed by atoms with Gasteiger partial charge in [0.05, 0.1) is 5.02 Å². The minimum atomic E-state index is -1.10. The Kier molecular flexibility index (Phi) is 4.55. The van der Waals surface area contributed by atoms with Crippen LogP contribution in [-0.2, 0) is 10.2 Å². The van der Waals surface area contributed by atoms with Gasteiger partial charge in [0.15, 0.2) is 0 Å². The van der Waals surface area contributed by atoms with Gasteiger partial charge in [0.25, 0.3) is 0 Å². The van der Waals surface area contributed by atoms with Crippen molar-refractivity contribution in [2.24, 2.45) is 0 Å². The van der Waals surface area contributed by atoms with Gasteiger partial charge in [0, 0.05) is 15.6 Å². The second-order valence-corrected chi connectivity index (χ2v) is 8.56. The molecule has 27 heavy (non-hydrogen) atoms. The van der Waals surface area contributed by atoms with Crippen molar-refractivity contribution in [2.75, 3.05) is 5.32 Å². The molecule has 0 amide bonds. The van der Waals surface area contributed by atoms with E-state index in [0.29, 0.717) is 31.4 Å². The van der Waals surface area contributed by atoms with E-state index >= 15 is 0 Å². The standard InChI is InChI=1S/C21H18BrClFNO2/c22-18-11-13-3-1-2-4-15(13)20(18)7-9-21(10-8-20,19(26)27)25-14-5-6-17(24)16(23)12-14/h1-6,11-12,25H,7-10H2,(H,26,27). The number of halogens is 3. The second-order valence-electron chi connectivity index (χ2n) is 7.30. The maximum atomic E-state index is 13.4. The maximum Gasteiger partial charge on any atom is 0.329 e. The largest absolute Gasteiger partial charge is 0.480 e. The molecule has 2 aromatic rings. The summed E-state index contributed by atoms with van der Waals surface area (Å²) in [5.41, 5.74) is 1.68. The number of carbonyl (C=O) groups is 1. The zero-order valence-electron chi connectivity index (χ0n) is 14.4. The number of carboxylic acids is 1. The lowest BCUT2D eigenvalue weighted by atomic mass is 9.65. The summed E-state index contributed by atoms with van der Waals surface area (Å²) < 4.78 is 14.5. The Morgan fingerprint density at radius 2 is 1.85 bits per heavy atom. The van der Waals surface area contributed by atoms with E-state index in [-0.39, 0.29) is 10.4 Å². The highest BCUT2D eigenvalue weighted by molar-refractivity contribution is 9.11. The third-order valence-corrected chi connectivity index (χ3v) is 7.16. The van der Waals surface area contributed by atoms with Crippen LogP contribution >= 0.6 is 27.5 Å². The summed E-state index contributed by atoms with van der Waals surface area (Å²) in [6, 6.07) is 12.5. The summed E-state index contributed by atoms with van der Waals surface area (Å²) in [5.74, 6) is -1.42. The highest BCUT2D eigenvalue weighted by atomic mass is 79.9. The number of nitrogens with one attached hydrogen (secondary N) is 1. The van der Waals surface area contributed by atoms with E-state index < -0.39 is 17.3 Å². The van der Waals surface area contributed by atoms with E-state index in [2.05, 4.69) is 39.5 Å². The summed E-state index contributed by atoms with van der Waals surface area (Å²) in [5, 5.41) is 13.1. The van der Waals surface area contributed by atoms with Gasteiger partial charge in [-0.1, -0.05) is 51.8 Å². The molecule has 4 rings (SSSR count). The SMILES string of the molecule is O=C(O)C1(Nc2ccc(F)c(Cl)c2)CCC2(CC1)C(Br)=Cc1ccccc12. The summed E-state index contributed by atoms with van der Waals surface area (Å²) in [7, 11) is 0. The molecule has 1 spiro atoms. The first kappa shape index (κ1) is 18.5. The van der Waals surface area contributed by atoms with Gasteiger partial charge in [-0.15, -0.1) is 0 Å². The van der Waals surface area contributed by atoms with Crippen molar-refractivity contribution in [1.82, 2.24) is 0 Å². The van der Waals surface area contributed by atoms with Crippen molar-refractivity contribution in [2.45, 2.75) is 36.6 Å². The molecule has 6 heteroatoms. The summed E-state index contributed by atoms with van der Waals surface area (Å²) >= 11 is 9.59. The van der Waals surface area contributed by atoms with Gasteiger partial charge < -0.3 is 10.4 Å². The predicted octanol–water partition coefficient (Wildman–Crippen LogP) is 5.98. The smallest absolute Gasteiger partial charge is 0.329 e. The van der Waals surface area contributed by atoms with E-state index in [1.807, 2.05) is 12.1 Å². The van der Waals surface area contributed by atoms with E-state index in [1.54, 1.807) is 0 Å². The Balaban J connectivity index is 1.63. The lowest BCUT2D eigenvalue weighted by Gasteiger charge is -2.44. The number of hydrogen-bond donors (Lipinski definition) is 2. The van der Waals surface area contributed by atoms with Crippen LogP contribution in [0.1, 0.15) is 36.8 Å². The molecule has 0 saturated heterocycles. The minimum Gasteiger partial charge on any atom is -0.480 e. The Hall–Kier alpha value is -1.85. The maximum absolute atomic E-state index is 13.4. The normalized spacial score (nSPS) is 26.6. The lowest BCUT2D eigenvalue weighted by molar-refractivity contribution is -0.143. The molecular weight excluding hydrogens is 433 g/mol. The van der Waals surface area contributed by atoms with E-state index in [4.69, 9.17) is 11.6 Å². The Morgan fingerprint density at radius 1 is 1.15 bits per heavy atom. The minimum absolute atomic E-state index is 0.0248. The Labute approximate surface area is 170 Å². The van der Waals surface area contributed by atoms with Crippen molar-refractivity contribution in [3.63, 3.8) is 0 Å². The highest BCUT2D eigenvalue weighted by Crippen LogP contribution is 2.55. The molecular formula is C21H18BrClFNO2. The molecule has 1 fully saturated rings. The van der Waals surface area contributed by atoms with Crippen LogP contribution in [0.3, 0.4) is 0 Å². The van der Waals surface area contributed by atoms with Crippen molar-refractivity contribution in [3.8, 4) is 0 Å². The van der Waals surface area contributed by atoms with Crippen molar-refractivity contribution in [1.29, 1.82) is 0 Å². The first-order valence-corrected chi connectivity index (χ1v) is 9.97. The predicted molar refractivity (Wildman–Crippen MR) is 109 cm³/mol. The average Bonchev–Trinajstić information content (AvgIpc) is 2.92. The molecule has 1 saturated carbocycles. The molecule has 2 N–H and O–H groups in total. The molecule has 0 atom stereocenters. The number of hydrogen-bond acceptors (Lipinski definition) is 2. The van der Waals surface area contributed by atoms with Crippen molar-refractivity contribution in [3.05, 3.63) is 68.9 Å². The van der Waals surface area contributed by atoms with Crippen LogP contribution in [0, 0.1) is 5.82 Å². The fourth-order valence-corrected chi connectivity index (χ4v) is 5.35. The number of benzene rings is 2. The van der Waals surface area contributed by atoms with E-state index in [1.165, 1.54) is 29.3 Å². The van der Waals surface area contributed by atoms with Crippen LogP contribution < -0.4 is 5.32 Å². The summed E-state index contributed by atoms with van der Waals surface area (Å²) in [6.45, 7) is 0. The monoisotopic (exact) mass is 449 g/mol. The van der Waals surface area contributed by atoms with Crippen LogP contribution in [0.25, 0.3) is 6.08 Å². The molecule has 0 radical (unpaired) electrons. The quantitative estimate of drug-likeness (QED) is 0.605. The fraction of sp³-hybridized carbons (Fsp3) is 0.286. The molecule has 0 heterocycles. The van der Waals surface area contributed by atoms with E-state index in [9.17, 15) is 14.3 Å². The number of anilines is 1. The summed E-state index contributed by atoms with van der Waals surface area (Å²) in [6.07, 6.45) is 4.45. The molecule has 0 aliphatic heterocycles. The lowest BCUT2D eigenvalue weighted by Crippen LogP contribution is -2.52. The van der Waals surface area contributed by atoms with Gasteiger partial charge in [-0.25, -0.2) is 9.18 Å². The molecule has 0 aromatic heterocycles. The number of rotatable bonds is 3. The van der Waals surface area contributed by atoms with Crippen molar-refractivity contribution < 1.29 is 14.3 Å². The van der Waals surface area contributed by atoms with Gasteiger partial charge in [0.1, 0.15) is 11.4 Å². The van der Waals surface area contributed by atoms with Crippen LogP contribution in [0.2, 0.25) is 5.02 Å². The van der Waals surface area contributed by atoms with Gasteiger partial charge in [-0.2, -0.15) is 0 Å². The molecule has 140 valence electrons. The van der Waals surface area contributed by atoms with Crippen molar-refractivity contribution >= 4 is 45.3 Å².